The molecule has 0 radical (unpaired) electrons. The second-order valence-electron chi connectivity index (χ2n) is 6.42. The minimum Gasteiger partial charge on any atom is -0.298 e. The van der Waals surface area contributed by atoms with E-state index in [4.69, 9.17) is 0 Å². The van der Waals surface area contributed by atoms with Gasteiger partial charge >= 0.3 is 0 Å². The van der Waals surface area contributed by atoms with Crippen molar-refractivity contribution in [1.82, 2.24) is 0 Å². The van der Waals surface area contributed by atoms with Gasteiger partial charge in [0.15, 0.2) is 0 Å². The van der Waals surface area contributed by atoms with E-state index >= 15 is 0 Å². The van der Waals surface area contributed by atoms with E-state index < -0.39 is 0 Å². The van der Waals surface area contributed by atoms with Gasteiger partial charge in [-0.2, -0.15) is 0 Å². The van der Waals surface area contributed by atoms with Gasteiger partial charge in [0.1, 0.15) is 0 Å². The highest BCUT2D eigenvalue weighted by Crippen LogP contribution is 2.66. The molecule has 106 valence electrons. The maximum absolute atomic E-state index is 13.0. The van der Waals surface area contributed by atoms with Crippen LogP contribution in [0.15, 0.2) is 48.5 Å². The molecule has 1 aliphatic heterocycles. The van der Waals surface area contributed by atoms with Crippen molar-refractivity contribution in [1.29, 1.82) is 0 Å². The van der Waals surface area contributed by atoms with E-state index in [1.54, 1.807) is 0 Å². The molecule has 2 aromatic rings. The molecule has 0 aromatic heterocycles. The fourth-order valence-corrected chi connectivity index (χ4v) is 4.10. The lowest BCUT2D eigenvalue weighted by Gasteiger charge is -2.27. The third kappa shape index (κ3) is 1.40. The summed E-state index contributed by atoms with van der Waals surface area (Å²) in [7, 11) is 0. The standard InChI is InChI=1S/C19H19NO/c1-12-8-10-15(11-9-12)20-18(21)16-6-4-5-7-17(16)19(20)13(2)14(19)3/h4-11,13-14H,1-3H3. The van der Waals surface area contributed by atoms with E-state index in [9.17, 15) is 4.79 Å². The molecular weight excluding hydrogens is 258 g/mol. The zero-order chi connectivity index (χ0) is 14.8. The van der Waals surface area contributed by atoms with Gasteiger partial charge in [0, 0.05) is 11.3 Å². The fraction of sp³-hybridized carbons (Fsp3) is 0.316. The second-order valence-corrected chi connectivity index (χ2v) is 6.42. The fourth-order valence-electron chi connectivity index (χ4n) is 4.10. The quantitative estimate of drug-likeness (QED) is 0.767. The molecule has 4 rings (SSSR count). The average molecular weight is 277 g/mol. The zero-order valence-electron chi connectivity index (χ0n) is 12.6. The summed E-state index contributed by atoms with van der Waals surface area (Å²) < 4.78 is 0. The summed E-state index contributed by atoms with van der Waals surface area (Å²) in [6.45, 7) is 6.57. The molecule has 21 heavy (non-hydrogen) atoms. The molecule has 0 saturated heterocycles. The Kier molecular flexibility index (Phi) is 2.39. The first-order valence-electron chi connectivity index (χ1n) is 7.59. The van der Waals surface area contributed by atoms with Crippen molar-refractivity contribution in [3.63, 3.8) is 0 Å². The molecule has 2 atom stereocenters. The molecule has 1 heterocycles. The number of amides is 1. The minimum absolute atomic E-state index is 0.136. The predicted octanol–water partition coefficient (Wildman–Crippen LogP) is 4.14. The molecule has 2 unspecified atom stereocenters. The lowest BCUT2D eigenvalue weighted by Crippen LogP contribution is -2.35. The van der Waals surface area contributed by atoms with Gasteiger partial charge in [0.05, 0.1) is 5.54 Å². The predicted molar refractivity (Wildman–Crippen MR) is 84.4 cm³/mol. The van der Waals surface area contributed by atoms with Gasteiger partial charge in [-0.25, -0.2) is 0 Å². The van der Waals surface area contributed by atoms with Crippen molar-refractivity contribution >= 4 is 11.6 Å². The Morgan fingerprint density at radius 2 is 1.57 bits per heavy atom. The lowest BCUT2D eigenvalue weighted by atomic mass is 9.99. The number of carbonyl (C=O) groups excluding carboxylic acids is 1. The third-order valence-electron chi connectivity index (χ3n) is 5.48. The van der Waals surface area contributed by atoms with Crippen molar-refractivity contribution in [2.24, 2.45) is 11.8 Å². The number of carbonyl (C=O) groups is 1. The molecule has 2 aliphatic rings. The largest absolute Gasteiger partial charge is 0.298 e. The summed E-state index contributed by atoms with van der Waals surface area (Å²) in [5, 5.41) is 0. The van der Waals surface area contributed by atoms with Crippen molar-refractivity contribution in [2.45, 2.75) is 26.3 Å². The summed E-state index contributed by atoms with van der Waals surface area (Å²) in [6.07, 6.45) is 0. The molecule has 2 heteroatoms. The summed E-state index contributed by atoms with van der Waals surface area (Å²) in [5.74, 6) is 1.13. The van der Waals surface area contributed by atoms with Gasteiger partial charge in [-0.05, 0) is 42.5 Å². The summed E-state index contributed by atoms with van der Waals surface area (Å²) >= 11 is 0. The number of rotatable bonds is 1. The normalized spacial score (nSPS) is 29.9. The minimum atomic E-state index is -0.136. The van der Waals surface area contributed by atoms with E-state index in [0.717, 1.165) is 11.3 Å². The zero-order valence-corrected chi connectivity index (χ0v) is 12.6. The van der Waals surface area contributed by atoms with E-state index in [0.29, 0.717) is 11.8 Å². The highest BCUT2D eigenvalue weighted by Gasteiger charge is 2.69. The van der Waals surface area contributed by atoms with Gasteiger partial charge < -0.3 is 0 Å². The number of nitrogens with zero attached hydrogens (tertiary/aromatic N) is 1. The maximum atomic E-state index is 13.0. The molecule has 2 aromatic carbocycles. The molecule has 2 nitrogen and oxygen atoms in total. The molecule has 1 fully saturated rings. The Morgan fingerprint density at radius 1 is 0.952 bits per heavy atom. The lowest BCUT2D eigenvalue weighted by molar-refractivity contribution is 0.0986. The van der Waals surface area contributed by atoms with Gasteiger partial charge in [-0.1, -0.05) is 49.7 Å². The first-order chi connectivity index (χ1) is 10.1. The second kappa shape index (κ2) is 3.97. The van der Waals surface area contributed by atoms with E-state index in [1.165, 1.54) is 11.1 Å². The Morgan fingerprint density at radius 3 is 2.19 bits per heavy atom. The highest BCUT2D eigenvalue weighted by molar-refractivity contribution is 6.13. The SMILES string of the molecule is Cc1ccc(N2C(=O)c3ccccc3C23C(C)C3C)cc1. The Hall–Kier alpha value is -2.09. The van der Waals surface area contributed by atoms with Crippen LogP contribution in [0.5, 0.6) is 0 Å². The molecule has 0 N–H and O–H groups in total. The molecular formula is C19H19NO. The summed E-state index contributed by atoms with van der Waals surface area (Å²) in [6, 6.07) is 16.4. The number of hydrogen-bond donors (Lipinski definition) is 0. The summed E-state index contributed by atoms with van der Waals surface area (Å²) in [4.78, 5) is 15.0. The number of hydrogen-bond acceptors (Lipinski definition) is 1. The van der Waals surface area contributed by atoms with Crippen LogP contribution in [0.4, 0.5) is 5.69 Å². The Balaban J connectivity index is 1.92. The van der Waals surface area contributed by atoms with Gasteiger partial charge in [0.2, 0.25) is 0 Å². The van der Waals surface area contributed by atoms with E-state index in [1.807, 2.05) is 23.1 Å². The van der Waals surface area contributed by atoms with Crippen LogP contribution in [-0.4, -0.2) is 5.91 Å². The van der Waals surface area contributed by atoms with Crippen molar-refractivity contribution in [3.8, 4) is 0 Å². The van der Waals surface area contributed by atoms with Crippen LogP contribution >= 0.6 is 0 Å². The monoisotopic (exact) mass is 277 g/mol. The molecule has 1 amide bonds. The van der Waals surface area contributed by atoms with Crippen molar-refractivity contribution < 1.29 is 4.79 Å². The highest BCUT2D eigenvalue weighted by atomic mass is 16.2. The van der Waals surface area contributed by atoms with Gasteiger partial charge in [-0.3, -0.25) is 9.69 Å². The number of fused-ring (bicyclic) bond motifs is 2. The first kappa shape index (κ1) is 12.6. The summed E-state index contributed by atoms with van der Waals surface area (Å²) in [5.41, 5.74) is 4.17. The van der Waals surface area contributed by atoms with Crippen molar-refractivity contribution in [3.05, 3.63) is 65.2 Å². The van der Waals surface area contributed by atoms with Gasteiger partial charge in [0.25, 0.3) is 5.91 Å². The van der Waals surface area contributed by atoms with Crippen LogP contribution in [-0.2, 0) is 5.54 Å². The topological polar surface area (TPSA) is 20.3 Å². The van der Waals surface area contributed by atoms with Crippen molar-refractivity contribution in [2.75, 3.05) is 4.90 Å². The van der Waals surface area contributed by atoms with Crippen LogP contribution in [0, 0.1) is 18.8 Å². The van der Waals surface area contributed by atoms with Crippen LogP contribution < -0.4 is 4.90 Å². The number of aryl methyl sites for hydroxylation is 1. The van der Waals surface area contributed by atoms with Crippen LogP contribution in [0.1, 0.15) is 35.3 Å². The number of benzene rings is 2. The smallest absolute Gasteiger partial charge is 0.259 e. The Bertz CT molecular complexity index is 723. The van der Waals surface area contributed by atoms with Crippen LogP contribution in [0.2, 0.25) is 0 Å². The molecule has 0 bridgehead atoms. The molecule has 1 spiro atoms. The third-order valence-corrected chi connectivity index (χ3v) is 5.48. The van der Waals surface area contributed by atoms with Gasteiger partial charge in [-0.15, -0.1) is 0 Å². The first-order valence-corrected chi connectivity index (χ1v) is 7.59. The van der Waals surface area contributed by atoms with Crippen LogP contribution in [0.3, 0.4) is 0 Å². The Labute approximate surface area is 125 Å². The van der Waals surface area contributed by atoms with Crippen LogP contribution in [0.25, 0.3) is 0 Å². The maximum Gasteiger partial charge on any atom is 0.259 e. The van der Waals surface area contributed by atoms with E-state index in [2.05, 4.69) is 51.1 Å². The average Bonchev–Trinajstić information content (AvgIpc) is 2.91. The number of anilines is 1. The molecule has 1 aliphatic carbocycles. The van der Waals surface area contributed by atoms with E-state index in [-0.39, 0.29) is 11.4 Å². The molecule has 1 saturated carbocycles.